The van der Waals surface area contributed by atoms with Crippen LogP contribution in [-0.2, 0) is 6.42 Å². The molecule has 3 atom stereocenters. The summed E-state index contributed by atoms with van der Waals surface area (Å²) in [5.41, 5.74) is 0.848. The molecule has 1 N–H and O–H groups in total. The average Bonchev–Trinajstić information content (AvgIpc) is 2.89. The van der Waals surface area contributed by atoms with Crippen molar-refractivity contribution in [3.8, 4) is 0 Å². The van der Waals surface area contributed by atoms with E-state index in [1.54, 1.807) is 6.07 Å². The van der Waals surface area contributed by atoms with Crippen molar-refractivity contribution in [2.24, 2.45) is 17.8 Å². The monoisotopic (exact) mass is 254 g/mol. The Morgan fingerprint density at radius 2 is 2.00 bits per heavy atom. The largest absolute Gasteiger partial charge is 0.392 e. The van der Waals surface area contributed by atoms with Crippen LogP contribution < -0.4 is 0 Å². The van der Waals surface area contributed by atoms with E-state index in [0.29, 0.717) is 17.4 Å². The van der Waals surface area contributed by atoms with Crippen LogP contribution in [0.25, 0.3) is 0 Å². The summed E-state index contributed by atoms with van der Waals surface area (Å²) in [6.45, 7) is 0. The molecule has 2 aliphatic carbocycles. The highest BCUT2D eigenvalue weighted by molar-refractivity contribution is 6.31. The number of halogens is 2. The molecular formula is C14H16ClFO. The van der Waals surface area contributed by atoms with Gasteiger partial charge in [0.05, 0.1) is 6.10 Å². The predicted octanol–water partition coefficient (Wildman–Crippen LogP) is 3.43. The number of rotatable bonds is 3. The second kappa shape index (κ2) is 4.25. The molecule has 3 rings (SSSR count). The molecule has 0 aliphatic heterocycles. The summed E-state index contributed by atoms with van der Waals surface area (Å²) in [5, 5.41) is 10.6. The lowest BCUT2D eigenvalue weighted by molar-refractivity contribution is 0.104. The van der Waals surface area contributed by atoms with Crippen LogP contribution in [0.1, 0.15) is 24.8 Å². The third kappa shape index (κ3) is 2.34. The molecule has 2 saturated carbocycles. The number of benzene rings is 1. The van der Waals surface area contributed by atoms with Gasteiger partial charge < -0.3 is 5.11 Å². The Morgan fingerprint density at radius 3 is 2.65 bits per heavy atom. The molecule has 0 aromatic heterocycles. The highest BCUT2D eigenvalue weighted by Crippen LogP contribution is 2.55. The van der Waals surface area contributed by atoms with Crippen molar-refractivity contribution in [3.63, 3.8) is 0 Å². The third-order valence-electron chi connectivity index (χ3n) is 4.27. The summed E-state index contributed by atoms with van der Waals surface area (Å²) in [4.78, 5) is 0. The van der Waals surface area contributed by atoms with E-state index in [2.05, 4.69) is 0 Å². The number of hydrogen-bond donors (Lipinski definition) is 1. The molecule has 0 amide bonds. The zero-order valence-corrected chi connectivity index (χ0v) is 10.3. The first-order chi connectivity index (χ1) is 8.13. The fraction of sp³-hybridized carbons (Fsp3) is 0.571. The topological polar surface area (TPSA) is 20.2 Å². The van der Waals surface area contributed by atoms with Crippen LogP contribution >= 0.6 is 11.6 Å². The van der Waals surface area contributed by atoms with E-state index in [-0.39, 0.29) is 11.9 Å². The van der Waals surface area contributed by atoms with Crippen LogP contribution in [-0.4, -0.2) is 11.2 Å². The van der Waals surface area contributed by atoms with E-state index < -0.39 is 0 Å². The van der Waals surface area contributed by atoms with Crippen LogP contribution in [0.5, 0.6) is 0 Å². The average molecular weight is 255 g/mol. The molecule has 0 bridgehead atoms. The SMILES string of the molecule is OC(Cc1ccc(F)cc1Cl)C1CC2CC2C1. The molecule has 0 saturated heterocycles. The van der Waals surface area contributed by atoms with Gasteiger partial charge in [0, 0.05) is 11.4 Å². The van der Waals surface area contributed by atoms with E-state index in [9.17, 15) is 9.50 Å². The Morgan fingerprint density at radius 1 is 1.29 bits per heavy atom. The molecule has 2 aliphatic rings. The maximum atomic E-state index is 12.9. The normalized spacial score (nSPS) is 32.3. The van der Waals surface area contributed by atoms with Crippen molar-refractivity contribution in [1.29, 1.82) is 0 Å². The van der Waals surface area contributed by atoms with E-state index >= 15 is 0 Å². The zero-order chi connectivity index (χ0) is 12.0. The molecule has 17 heavy (non-hydrogen) atoms. The van der Waals surface area contributed by atoms with Gasteiger partial charge in [0.25, 0.3) is 0 Å². The maximum Gasteiger partial charge on any atom is 0.124 e. The third-order valence-corrected chi connectivity index (χ3v) is 4.62. The highest BCUT2D eigenvalue weighted by atomic mass is 35.5. The molecule has 0 heterocycles. The number of hydrogen-bond acceptors (Lipinski definition) is 1. The van der Waals surface area contributed by atoms with Gasteiger partial charge in [-0.2, -0.15) is 0 Å². The second-order valence-corrected chi connectivity index (χ2v) is 5.90. The van der Waals surface area contributed by atoms with E-state index in [4.69, 9.17) is 11.6 Å². The molecular weight excluding hydrogens is 239 g/mol. The molecule has 1 aromatic rings. The maximum absolute atomic E-state index is 12.9. The zero-order valence-electron chi connectivity index (χ0n) is 9.57. The smallest absolute Gasteiger partial charge is 0.124 e. The quantitative estimate of drug-likeness (QED) is 0.876. The Hall–Kier alpha value is -0.600. The van der Waals surface area contributed by atoms with Crippen molar-refractivity contribution in [3.05, 3.63) is 34.6 Å². The molecule has 3 heteroatoms. The summed E-state index contributed by atoms with van der Waals surface area (Å²) >= 11 is 5.97. The summed E-state index contributed by atoms with van der Waals surface area (Å²) < 4.78 is 12.9. The van der Waals surface area contributed by atoms with Gasteiger partial charge in [0.1, 0.15) is 5.82 Å². The van der Waals surface area contributed by atoms with Crippen LogP contribution in [0.2, 0.25) is 5.02 Å². The van der Waals surface area contributed by atoms with Gasteiger partial charge in [0.2, 0.25) is 0 Å². The first kappa shape index (κ1) is 11.5. The van der Waals surface area contributed by atoms with Gasteiger partial charge in [-0.15, -0.1) is 0 Å². The van der Waals surface area contributed by atoms with Crippen LogP contribution in [0.3, 0.4) is 0 Å². The number of fused-ring (bicyclic) bond motifs is 1. The second-order valence-electron chi connectivity index (χ2n) is 5.49. The minimum absolute atomic E-state index is 0.324. The number of aliphatic hydroxyl groups is 1. The Kier molecular flexibility index (Phi) is 2.87. The van der Waals surface area contributed by atoms with Crippen LogP contribution in [0.4, 0.5) is 4.39 Å². The molecule has 3 unspecified atom stereocenters. The van der Waals surface area contributed by atoms with Gasteiger partial charge in [-0.25, -0.2) is 4.39 Å². The van der Waals surface area contributed by atoms with E-state index in [0.717, 1.165) is 30.2 Å². The lowest BCUT2D eigenvalue weighted by atomic mass is 9.92. The summed E-state index contributed by atoms with van der Waals surface area (Å²) in [6, 6.07) is 4.40. The van der Waals surface area contributed by atoms with Crippen molar-refractivity contribution in [2.45, 2.75) is 31.8 Å². The van der Waals surface area contributed by atoms with Crippen molar-refractivity contribution < 1.29 is 9.50 Å². The van der Waals surface area contributed by atoms with Crippen molar-refractivity contribution in [2.75, 3.05) is 0 Å². The Balaban J connectivity index is 1.65. The van der Waals surface area contributed by atoms with Gasteiger partial charge in [-0.1, -0.05) is 17.7 Å². The van der Waals surface area contributed by atoms with Gasteiger partial charge in [0.15, 0.2) is 0 Å². The molecule has 1 aromatic carbocycles. The lowest BCUT2D eigenvalue weighted by Crippen LogP contribution is -2.21. The van der Waals surface area contributed by atoms with Gasteiger partial charge >= 0.3 is 0 Å². The van der Waals surface area contributed by atoms with Crippen LogP contribution in [0.15, 0.2) is 18.2 Å². The number of aliphatic hydroxyl groups excluding tert-OH is 1. The van der Waals surface area contributed by atoms with Crippen molar-refractivity contribution >= 4 is 11.6 Å². The summed E-state index contributed by atoms with van der Waals surface area (Å²) in [5.74, 6) is 1.84. The van der Waals surface area contributed by atoms with Gasteiger partial charge in [-0.05, 0) is 54.7 Å². The van der Waals surface area contributed by atoms with Crippen molar-refractivity contribution in [1.82, 2.24) is 0 Å². The fourth-order valence-corrected chi connectivity index (χ4v) is 3.40. The predicted molar refractivity (Wildman–Crippen MR) is 65.4 cm³/mol. The molecule has 0 radical (unpaired) electrons. The first-order valence-corrected chi connectivity index (χ1v) is 6.63. The molecule has 92 valence electrons. The Bertz CT molecular complexity index is 424. The standard InChI is InChI=1S/C14H16ClFO/c15-13-7-12(16)2-1-8(13)6-14(17)11-4-9-3-10(9)5-11/h1-2,7,9-11,14,17H,3-6H2. The van der Waals surface area contributed by atoms with E-state index in [1.807, 2.05) is 0 Å². The Labute approximate surface area is 106 Å². The minimum atomic E-state index is -0.328. The molecule has 2 fully saturated rings. The lowest BCUT2D eigenvalue weighted by Gasteiger charge is -2.20. The molecule has 1 nitrogen and oxygen atoms in total. The first-order valence-electron chi connectivity index (χ1n) is 6.25. The summed E-state index contributed by atoms with van der Waals surface area (Å²) in [7, 11) is 0. The van der Waals surface area contributed by atoms with Crippen LogP contribution in [0, 0.1) is 23.6 Å². The van der Waals surface area contributed by atoms with E-state index in [1.165, 1.54) is 18.6 Å². The fourth-order valence-electron chi connectivity index (χ4n) is 3.15. The molecule has 0 spiro atoms. The summed E-state index contributed by atoms with van der Waals surface area (Å²) in [6.07, 6.45) is 3.89. The minimum Gasteiger partial charge on any atom is -0.392 e. The highest BCUT2D eigenvalue weighted by Gasteiger charge is 2.47. The van der Waals surface area contributed by atoms with Gasteiger partial charge in [-0.3, -0.25) is 0 Å².